The van der Waals surface area contributed by atoms with Gasteiger partial charge in [0.15, 0.2) is 0 Å². The molecule has 1 heterocycles. The standard InChI is InChI=1S/C21H26BrN3/c1-14-10-15(2)20-18(11-14)21(3,13-23-25(4)5)12-19(24-20)16-6-8-17(22)9-7-16/h6-11,13,19,24H,12H2,1-5H3/b23-13+/t19-,21+/m0/s1. The van der Waals surface area contributed by atoms with Crippen molar-refractivity contribution in [3.63, 3.8) is 0 Å². The van der Waals surface area contributed by atoms with Gasteiger partial charge in [0, 0.05) is 35.9 Å². The molecule has 132 valence electrons. The van der Waals surface area contributed by atoms with Gasteiger partial charge in [-0.1, -0.05) is 52.7 Å². The number of fused-ring (bicyclic) bond motifs is 1. The molecule has 2 aromatic carbocycles. The van der Waals surface area contributed by atoms with Gasteiger partial charge in [-0.15, -0.1) is 0 Å². The van der Waals surface area contributed by atoms with Crippen LogP contribution in [0, 0.1) is 13.8 Å². The van der Waals surface area contributed by atoms with Crippen molar-refractivity contribution in [1.29, 1.82) is 0 Å². The number of benzene rings is 2. The number of hydrogen-bond donors (Lipinski definition) is 1. The number of halogens is 1. The third-order valence-electron chi connectivity index (χ3n) is 4.89. The van der Waals surface area contributed by atoms with Crippen LogP contribution in [0.15, 0.2) is 46.0 Å². The molecule has 0 unspecified atom stereocenters. The van der Waals surface area contributed by atoms with Gasteiger partial charge < -0.3 is 10.3 Å². The van der Waals surface area contributed by atoms with Crippen molar-refractivity contribution in [2.75, 3.05) is 19.4 Å². The summed E-state index contributed by atoms with van der Waals surface area (Å²) in [6, 6.07) is 13.4. The molecule has 2 aromatic rings. The normalized spacial score (nSPS) is 22.6. The van der Waals surface area contributed by atoms with Crippen LogP contribution in [-0.2, 0) is 5.41 Å². The molecule has 3 rings (SSSR count). The lowest BCUT2D eigenvalue weighted by atomic mass is 9.72. The first kappa shape index (κ1) is 18.0. The first-order valence-electron chi connectivity index (χ1n) is 8.65. The van der Waals surface area contributed by atoms with E-state index in [1.54, 1.807) is 0 Å². The Hall–Kier alpha value is -1.81. The lowest BCUT2D eigenvalue weighted by Crippen LogP contribution is -2.36. The predicted octanol–water partition coefficient (Wildman–Crippen LogP) is 5.43. The Balaban J connectivity index is 2.09. The fourth-order valence-electron chi connectivity index (χ4n) is 3.63. The highest BCUT2D eigenvalue weighted by atomic mass is 79.9. The SMILES string of the molecule is Cc1cc(C)c2c(c1)[C@@](C)(/C=N/N(C)C)C[C@@H](c1ccc(Br)cc1)N2. The van der Waals surface area contributed by atoms with E-state index in [9.17, 15) is 0 Å². The quantitative estimate of drug-likeness (QED) is 0.550. The largest absolute Gasteiger partial charge is 0.378 e. The average molecular weight is 400 g/mol. The molecule has 0 bridgehead atoms. The van der Waals surface area contributed by atoms with E-state index in [1.807, 2.05) is 19.1 Å². The molecule has 0 fully saturated rings. The Kier molecular flexibility index (Phi) is 4.92. The summed E-state index contributed by atoms with van der Waals surface area (Å²) in [7, 11) is 3.94. The van der Waals surface area contributed by atoms with Crippen molar-refractivity contribution in [2.24, 2.45) is 5.10 Å². The minimum atomic E-state index is -0.112. The zero-order valence-electron chi connectivity index (χ0n) is 15.6. The molecular formula is C21H26BrN3. The third-order valence-corrected chi connectivity index (χ3v) is 5.42. The summed E-state index contributed by atoms with van der Waals surface area (Å²) in [4.78, 5) is 0. The van der Waals surface area contributed by atoms with Crippen LogP contribution in [0.4, 0.5) is 5.69 Å². The van der Waals surface area contributed by atoms with E-state index < -0.39 is 0 Å². The van der Waals surface area contributed by atoms with E-state index >= 15 is 0 Å². The Morgan fingerprint density at radius 3 is 2.52 bits per heavy atom. The highest BCUT2D eigenvalue weighted by Crippen LogP contribution is 2.45. The van der Waals surface area contributed by atoms with Gasteiger partial charge in [0.25, 0.3) is 0 Å². The van der Waals surface area contributed by atoms with Crippen LogP contribution in [0.2, 0.25) is 0 Å². The van der Waals surface area contributed by atoms with Gasteiger partial charge in [0.1, 0.15) is 0 Å². The van der Waals surface area contributed by atoms with Gasteiger partial charge in [-0.2, -0.15) is 5.10 Å². The molecule has 0 radical (unpaired) electrons. The van der Waals surface area contributed by atoms with E-state index in [0.717, 1.165) is 10.9 Å². The fourth-order valence-corrected chi connectivity index (χ4v) is 3.89. The maximum atomic E-state index is 4.59. The summed E-state index contributed by atoms with van der Waals surface area (Å²) >= 11 is 3.53. The first-order valence-corrected chi connectivity index (χ1v) is 9.44. The number of rotatable bonds is 3. The van der Waals surface area contributed by atoms with Crippen molar-refractivity contribution in [2.45, 2.75) is 38.6 Å². The third kappa shape index (κ3) is 3.74. The Bertz CT molecular complexity index is 796. The molecule has 0 aromatic heterocycles. The number of nitrogens with zero attached hydrogens (tertiary/aromatic N) is 2. The predicted molar refractivity (Wildman–Crippen MR) is 111 cm³/mol. The zero-order chi connectivity index (χ0) is 18.2. The van der Waals surface area contributed by atoms with Gasteiger partial charge in [-0.05, 0) is 49.1 Å². The monoisotopic (exact) mass is 399 g/mol. The lowest BCUT2D eigenvalue weighted by Gasteiger charge is -2.40. The minimum absolute atomic E-state index is 0.112. The molecule has 1 N–H and O–H groups in total. The van der Waals surface area contributed by atoms with E-state index in [-0.39, 0.29) is 11.5 Å². The average Bonchev–Trinajstić information content (AvgIpc) is 2.55. The molecule has 0 amide bonds. The smallest absolute Gasteiger partial charge is 0.0526 e. The topological polar surface area (TPSA) is 27.6 Å². The van der Waals surface area contributed by atoms with Crippen LogP contribution < -0.4 is 5.32 Å². The van der Waals surface area contributed by atoms with Gasteiger partial charge >= 0.3 is 0 Å². The van der Waals surface area contributed by atoms with Crippen LogP contribution in [0.3, 0.4) is 0 Å². The van der Waals surface area contributed by atoms with Crippen molar-refractivity contribution in [1.82, 2.24) is 5.01 Å². The number of anilines is 1. The fraction of sp³-hybridized carbons (Fsp3) is 0.381. The molecule has 1 aliphatic rings. The minimum Gasteiger partial charge on any atom is -0.378 e. The second-order valence-electron chi connectivity index (χ2n) is 7.47. The maximum Gasteiger partial charge on any atom is 0.0526 e. The van der Waals surface area contributed by atoms with Crippen molar-refractivity contribution < 1.29 is 0 Å². The molecule has 25 heavy (non-hydrogen) atoms. The highest BCUT2D eigenvalue weighted by Gasteiger charge is 2.37. The van der Waals surface area contributed by atoms with E-state index in [1.165, 1.54) is 27.9 Å². The van der Waals surface area contributed by atoms with Crippen molar-refractivity contribution in [3.8, 4) is 0 Å². The molecule has 0 saturated carbocycles. The maximum absolute atomic E-state index is 4.59. The van der Waals surface area contributed by atoms with Crippen molar-refractivity contribution in [3.05, 3.63) is 63.1 Å². The summed E-state index contributed by atoms with van der Waals surface area (Å²) in [6.07, 6.45) is 3.08. The van der Waals surface area contributed by atoms with Crippen LogP contribution in [-0.4, -0.2) is 25.3 Å². The van der Waals surface area contributed by atoms with Crippen LogP contribution >= 0.6 is 15.9 Å². The van der Waals surface area contributed by atoms with Crippen LogP contribution in [0.5, 0.6) is 0 Å². The Labute approximate surface area is 159 Å². The van der Waals surface area contributed by atoms with Gasteiger partial charge in [0.2, 0.25) is 0 Å². The zero-order valence-corrected chi connectivity index (χ0v) is 17.2. The van der Waals surface area contributed by atoms with E-state index in [4.69, 9.17) is 0 Å². The van der Waals surface area contributed by atoms with Crippen LogP contribution in [0.25, 0.3) is 0 Å². The van der Waals surface area contributed by atoms with Gasteiger partial charge in [-0.3, -0.25) is 0 Å². The summed E-state index contributed by atoms with van der Waals surface area (Å²) in [5, 5.41) is 10.2. The molecule has 4 heteroatoms. The lowest BCUT2D eigenvalue weighted by molar-refractivity contribution is 0.426. The second kappa shape index (κ2) is 6.83. The number of nitrogens with one attached hydrogen (secondary N) is 1. The summed E-state index contributed by atoms with van der Waals surface area (Å²) < 4.78 is 1.11. The molecule has 0 aliphatic carbocycles. The Morgan fingerprint density at radius 2 is 1.88 bits per heavy atom. The number of hydrogen-bond acceptors (Lipinski definition) is 3. The highest BCUT2D eigenvalue weighted by molar-refractivity contribution is 9.10. The molecule has 2 atom stereocenters. The Morgan fingerprint density at radius 1 is 1.20 bits per heavy atom. The summed E-state index contributed by atoms with van der Waals surface area (Å²) in [5.41, 5.74) is 6.37. The van der Waals surface area contributed by atoms with Crippen molar-refractivity contribution >= 4 is 27.8 Å². The summed E-state index contributed by atoms with van der Waals surface area (Å²) in [5.74, 6) is 0. The first-order chi connectivity index (χ1) is 11.8. The molecule has 0 spiro atoms. The van der Waals surface area contributed by atoms with Crippen LogP contribution in [0.1, 0.15) is 41.6 Å². The number of aryl methyl sites for hydroxylation is 2. The second-order valence-corrected chi connectivity index (χ2v) is 8.38. The molecule has 1 aliphatic heterocycles. The number of hydrazone groups is 1. The van der Waals surface area contributed by atoms with E-state index in [0.29, 0.717) is 0 Å². The summed E-state index contributed by atoms with van der Waals surface area (Å²) in [6.45, 7) is 6.65. The molecular weight excluding hydrogens is 374 g/mol. The van der Waals surface area contributed by atoms with Gasteiger partial charge in [-0.25, -0.2) is 0 Å². The molecule has 0 saturated heterocycles. The molecule has 3 nitrogen and oxygen atoms in total. The van der Waals surface area contributed by atoms with Gasteiger partial charge in [0.05, 0.1) is 6.04 Å². The van der Waals surface area contributed by atoms with E-state index in [2.05, 4.69) is 89.7 Å².